The molecule has 2 N–H and O–H groups in total. The first-order valence-electron chi connectivity index (χ1n) is 9.99. The molecule has 156 valence electrons. The molecule has 2 heterocycles. The number of carbonyl (C=O) groups is 2. The van der Waals surface area contributed by atoms with Crippen molar-refractivity contribution in [3.8, 4) is 0 Å². The number of carbonyl (C=O) groups excluding carboxylic acids is 1. The Hall–Kier alpha value is -2.22. The molecule has 1 aromatic heterocycles. The predicted molar refractivity (Wildman–Crippen MR) is 112 cm³/mol. The third-order valence-electron chi connectivity index (χ3n) is 5.14. The molecule has 0 unspecified atom stereocenters. The molecule has 29 heavy (non-hydrogen) atoms. The van der Waals surface area contributed by atoms with Crippen LogP contribution in [-0.2, 0) is 16.1 Å². The van der Waals surface area contributed by atoms with Crippen molar-refractivity contribution in [3.05, 3.63) is 51.7 Å². The number of aliphatic hydroxyl groups excluding tert-OH is 1. The Morgan fingerprint density at radius 1 is 1.28 bits per heavy atom. The average Bonchev–Trinajstić information content (AvgIpc) is 3.33. The lowest BCUT2D eigenvalue weighted by atomic mass is 10.0. The largest absolute Gasteiger partial charge is 0.477 e. The lowest BCUT2D eigenvalue weighted by Crippen LogP contribution is -2.36. The number of hydrogen-bond donors (Lipinski definition) is 2. The molecule has 2 aromatic rings. The quantitative estimate of drug-likeness (QED) is 0.599. The number of carboxylic acid groups (broad SMARTS) is 1. The first kappa shape index (κ1) is 21.5. The van der Waals surface area contributed by atoms with Crippen LogP contribution in [0.4, 0.5) is 5.69 Å². The fourth-order valence-corrected chi connectivity index (χ4v) is 4.33. The van der Waals surface area contributed by atoms with Gasteiger partial charge in [0.25, 0.3) is 0 Å². The fraction of sp³-hybridized carbons (Fsp3) is 0.455. The number of aromatic carboxylic acids is 1. The maximum absolute atomic E-state index is 12.4. The fourth-order valence-electron chi connectivity index (χ4n) is 3.54. The van der Waals surface area contributed by atoms with Crippen LogP contribution in [0.25, 0.3) is 0 Å². The summed E-state index contributed by atoms with van der Waals surface area (Å²) >= 11 is 1.20. The summed E-state index contributed by atoms with van der Waals surface area (Å²) in [6.45, 7) is 2.83. The molecule has 2 atom stereocenters. The van der Waals surface area contributed by atoms with Crippen LogP contribution in [0.3, 0.4) is 0 Å². The highest BCUT2D eigenvalue weighted by molar-refractivity contribution is 7.13. The Morgan fingerprint density at radius 3 is 2.69 bits per heavy atom. The van der Waals surface area contributed by atoms with E-state index in [2.05, 4.69) is 6.92 Å². The van der Waals surface area contributed by atoms with E-state index >= 15 is 0 Å². The van der Waals surface area contributed by atoms with Gasteiger partial charge in [0.15, 0.2) is 0 Å². The van der Waals surface area contributed by atoms with Crippen molar-refractivity contribution in [1.82, 2.24) is 0 Å². The minimum Gasteiger partial charge on any atom is -0.477 e. The van der Waals surface area contributed by atoms with Gasteiger partial charge in [-0.2, -0.15) is 0 Å². The van der Waals surface area contributed by atoms with Crippen LogP contribution in [0.2, 0.25) is 0 Å². The number of amides is 1. The lowest BCUT2D eigenvalue weighted by Gasteiger charge is -2.25. The Bertz CT molecular complexity index is 832. The van der Waals surface area contributed by atoms with Crippen LogP contribution in [0.5, 0.6) is 0 Å². The van der Waals surface area contributed by atoms with Gasteiger partial charge in [-0.1, -0.05) is 31.9 Å². The van der Waals surface area contributed by atoms with Crippen molar-refractivity contribution in [3.63, 3.8) is 0 Å². The van der Waals surface area contributed by atoms with Crippen LogP contribution >= 0.6 is 11.3 Å². The summed E-state index contributed by atoms with van der Waals surface area (Å²) in [5, 5.41) is 19.2. The zero-order valence-corrected chi connectivity index (χ0v) is 17.4. The molecular weight excluding hydrogens is 390 g/mol. The Kier molecular flexibility index (Phi) is 7.41. The van der Waals surface area contributed by atoms with Crippen LogP contribution < -0.4 is 4.90 Å². The van der Waals surface area contributed by atoms with Crippen molar-refractivity contribution in [1.29, 1.82) is 0 Å². The van der Waals surface area contributed by atoms with E-state index in [9.17, 15) is 14.7 Å². The second kappa shape index (κ2) is 10.0. The first-order chi connectivity index (χ1) is 14.0. The van der Waals surface area contributed by atoms with Crippen LogP contribution in [0, 0.1) is 0 Å². The molecule has 7 heteroatoms. The standard InChI is InChI=1S/C22H27NO5S/c1-2-3-4-19(24)15-5-7-16(8-6-15)23-17(9-12-21(23)25)13-28-14-18-10-11-20(29-18)22(26)27/h5-8,10-11,17,19,24H,2-4,9,12-14H2,1H3,(H,26,27)/t17-,19-/m1/s1. The van der Waals surface area contributed by atoms with Crippen LogP contribution in [-0.4, -0.2) is 34.7 Å². The predicted octanol–water partition coefficient (Wildman–Crippen LogP) is 4.38. The molecule has 1 aliphatic heterocycles. The number of thiophene rings is 1. The minimum absolute atomic E-state index is 0.0442. The summed E-state index contributed by atoms with van der Waals surface area (Å²) in [6.07, 6.45) is 3.50. The highest BCUT2D eigenvalue weighted by Gasteiger charge is 2.32. The molecule has 0 radical (unpaired) electrons. The van der Waals surface area contributed by atoms with E-state index in [1.165, 1.54) is 11.3 Å². The number of anilines is 1. The molecule has 6 nitrogen and oxygen atoms in total. The Morgan fingerprint density at radius 2 is 2.03 bits per heavy atom. The van der Waals surface area contributed by atoms with Crippen LogP contribution in [0.1, 0.15) is 65.2 Å². The normalized spacial score (nSPS) is 17.7. The Balaban J connectivity index is 1.58. The molecule has 0 spiro atoms. The number of carboxylic acids is 1. The molecule has 0 aliphatic carbocycles. The van der Waals surface area contributed by atoms with Gasteiger partial charge in [-0.3, -0.25) is 4.79 Å². The van der Waals surface area contributed by atoms with E-state index in [-0.39, 0.29) is 11.9 Å². The third kappa shape index (κ3) is 5.44. The topological polar surface area (TPSA) is 87.1 Å². The Labute approximate surface area is 174 Å². The van der Waals surface area contributed by atoms with Gasteiger partial charge in [0.2, 0.25) is 5.91 Å². The zero-order valence-electron chi connectivity index (χ0n) is 16.5. The summed E-state index contributed by atoms with van der Waals surface area (Å²) in [6, 6.07) is 10.8. The molecule has 0 saturated carbocycles. The van der Waals surface area contributed by atoms with Gasteiger partial charge in [-0.25, -0.2) is 4.79 Å². The molecule has 3 rings (SSSR count). The van der Waals surface area contributed by atoms with Gasteiger partial charge in [0.1, 0.15) is 4.88 Å². The van der Waals surface area contributed by atoms with Crippen molar-refractivity contribution < 1.29 is 24.5 Å². The monoisotopic (exact) mass is 417 g/mol. The van der Waals surface area contributed by atoms with E-state index < -0.39 is 12.1 Å². The zero-order chi connectivity index (χ0) is 20.8. The van der Waals surface area contributed by atoms with Crippen molar-refractivity contribution in [2.45, 2.75) is 57.8 Å². The number of rotatable bonds is 10. The number of ether oxygens (including phenoxy) is 1. The number of aliphatic hydroxyl groups is 1. The summed E-state index contributed by atoms with van der Waals surface area (Å²) in [7, 11) is 0. The molecule has 1 saturated heterocycles. The smallest absolute Gasteiger partial charge is 0.345 e. The molecule has 1 aromatic carbocycles. The minimum atomic E-state index is -0.933. The van der Waals surface area contributed by atoms with E-state index in [4.69, 9.17) is 9.84 Å². The number of nitrogens with zero attached hydrogens (tertiary/aromatic N) is 1. The van der Waals surface area contributed by atoms with Gasteiger partial charge in [0, 0.05) is 17.0 Å². The molecule has 0 bridgehead atoms. The third-order valence-corrected chi connectivity index (χ3v) is 6.19. The average molecular weight is 418 g/mol. The van der Waals surface area contributed by atoms with E-state index in [1.807, 2.05) is 24.3 Å². The van der Waals surface area contributed by atoms with Crippen LogP contribution in [0.15, 0.2) is 36.4 Å². The highest BCUT2D eigenvalue weighted by Crippen LogP contribution is 2.29. The van der Waals surface area contributed by atoms with Crippen molar-refractivity contribution >= 4 is 28.9 Å². The number of benzene rings is 1. The van der Waals surface area contributed by atoms with E-state index in [0.717, 1.165) is 41.8 Å². The lowest BCUT2D eigenvalue weighted by molar-refractivity contribution is -0.117. The number of hydrogen-bond acceptors (Lipinski definition) is 5. The molecule has 1 aliphatic rings. The van der Waals surface area contributed by atoms with Crippen molar-refractivity contribution in [2.24, 2.45) is 0 Å². The summed E-state index contributed by atoms with van der Waals surface area (Å²) in [5.74, 6) is -0.862. The molecular formula is C22H27NO5S. The second-order valence-corrected chi connectivity index (χ2v) is 8.46. The molecule has 1 fully saturated rings. The van der Waals surface area contributed by atoms with Gasteiger partial charge < -0.3 is 19.8 Å². The summed E-state index contributed by atoms with van der Waals surface area (Å²) in [4.78, 5) is 26.3. The maximum atomic E-state index is 12.4. The SMILES string of the molecule is CCCC[C@@H](O)c1ccc(N2C(=O)CC[C@@H]2COCc2ccc(C(=O)O)s2)cc1. The first-order valence-corrected chi connectivity index (χ1v) is 10.8. The van der Waals surface area contributed by atoms with Gasteiger partial charge in [-0.15, -0.1) is 11.3 Å². The highest BCUT2D eigenvalue weighted by atomic mass is 32.1. The maximum Gasteiger partial charge on any atom is 0.345 e. The van der Waals surface area contributed by atoms with Crippen molar-refractivity contribution in [2.75, 3.05) is 11.5 Å². The van der Waals surface area contributed by atoms with Gasteiger partial charge >= 0.3 is 5.97 Å². The van der Waals surface area contributed by atoms with E-state index in [1.54, 1.807) is 17.0 Å². The van der Waals surface area contributed by atoms with Gasteiger partial charge in [-0.05, 0) is 42.7 Å². The summed E-state index contributed by atoms with van der Waals surface area (Å²) in [5.41, 5.74) is 1.69. The second-order valence-electron chi connectivity index (χ2n) is 7.29. The van der Waals surface area contributed by atoms with Gasteiger partial charge in [0.05, 0.1) is 25.4 Å². The number of unbranched alkanes of at least 4 members (excludes halogenated alkanes) is 1. The van der Waals surface area contributed by atoms with E-state index in [0.29, 0.717) is 24.5 Å². The summed E-state index contributed by atoms with van der Waals surface area (Å²) < 4.78 is 5.79. The molecule has 1 amide bonds.